The smallest absolute Gasteiger partial charge is 0.0936 e. The highest BCUT2D eigenvalue weighted by Gasteiger charge is 2.16. The van der Waals surface area contributed by atoms with E-state index >= 15 is 0 Å². The first-order valence-electron chi connectivity index (χ1n) is 5.48. The van der Waals surface area contributed by atoms with Crippen molar-refractivity contribution in [1.82, 2.24) is 4.98 Å². The lowest BCUT2D eigenvalue weighted by molar-refractivity contribution is 0.682. The molecule has 3 rings (SSSR count). The first-order chi connectivity index (χ1) is 7.34. The molecule has 2 aromatic rings. The van der Waals surface area contributed by atoms with Crippen molar-refractivity contribution in [3.63, 3.8) is 0 Å². The zero-order valence-corrected chi connectivity index (χ0v) is 8.83. The Labute approximate surface area is 89.3 Å². The molecule has 2 heteroatoms. The van der Waals surface area contributed by atoms with Crippen molar-refractivity contribution in [2.75, 3.05) is 5.32 Å². The van der Waals surface area contributed by atoms with E-state index < -0.39 is 0 Å². The monoisotopic (exact) mass is 198 g/mol. The highest BCUT2D eigenvalue weighted by Crippen LogP contribution is 2.31. The number of nitrogens with zero attached hydrogens (tertiary/aromatic N) is 1. The summed E-state index contributed by atoms with van der Waals surface area (Å²) >= 11 is 0. The third kappa shape index (κ3) is 1.37. The number of aryl methyl sites for hydroxylation is 1. The molecule has 1 aliphatic heterocycles. The van der Waals surface area contributed by atoms with Crippen molar-refractivity contribution in [2.24, 2.45) is 0 Å². The van der Waals surface area contributed by atoms with Gasteiger partial charge in [-0.25, -0.2) is 0 Å². The number of pyridine rings is 1. The Hall–Kier alpha value is -1.57. The number of aromatic nitrogens is 1. The largest absolute Gasteiger partial charge is 0.381 e. The van der Waals surface area contributed by atoms with Crippen molar-refractivity contribution < 1.29 is 0 Å². The Morgan fingerprint density at radius 1 is 1.33 bits per heavy atom. The van der Waals surface area contributed by atoms with Crippen LogP contribution < -0.4 is 5.32 Å². The molecule has 0 fully saturated rings. The van der Waals surface area contributed by atoms with Crippen LogP contribution in [0.2, 0.25) is 0 Å². The van der Waals surface area contributed by atoms with Gasteiger partial charge in [-0.2, -0.15) is 0 Å². The number of fused-ring (bicyclic) bond motifs is 3. The molecule has 1 aromatic heterocycles. The second-order valence-corrected chi connectivity index (χ2v) is 4.26. The highest BCUT2D eigenvalue weighted by molar-refractivity contribution is 5.92. The van der Waals surface area contributed by atoms with Crippen LogP contribution in [0.25, 0.3) is 10.9 Å². The number of benzene rings is 1. The molecule has 1 aromatic carbocycles. The van der Waals surface area contributed by atoms with Crippen molar-refractivity contribution in [3.8, 4) is 0 Å². The number of nitrogens with one attached hydrogen (secondary N) is 1. The third-order valence-corrected chi connectivity index (χ3v) is 3.10. The van der Waals surface area contributed by atoms with E-state index in [0.717, 1.165) is 11.9 Å². The summed E-state index contributed by atoms with van der Waals surface area (Å²) in [7, 11) is 0. The molecule has 1 atom stereocenters. The minimum atomic E-state index is 0.560. The molecule has 1 aliphatic rings. The summed E-state index contributed by atoms with van der Waals surface area (Å²) in [5, 5.41) is 4.76. The van der Waals surface area contributed by atoms with Crippen LogP contribution in [0.4, 0.5) is 5.69 Å². The average molecular weight is 198 g/mol. The second kappa shape index (κ2) is 3.23. The zero-order chi connectivity index (χ0) is 10.3. The van der Waals surface area contributed by atoms with Crippen LogP contribution in [-0.2, 0) is 6.42 Å². The molecule has 0 radical (unpaired) electrons. The summed E-state index contributed by atoms with van der Waals surface area (Å²) in [4.78, 5) is 4.47. The maximum absolute atomic E-state index is 4.47. The van der Waals surface area contributed by atoms with Crippen molar-refractivity contribution in [3.05, 3.63) is 36.0 Å². The van der Waals surface area contributed by atoms with Gasteiger partial charge >= 0.3 is 0 Å². The normalized spacial score (nSPS) is 19.7. The molecule has 1 unspecified atom stereocenters. The number of hydrogen-bond acceptors (Lipinski definition) is 2. The van der Waals surface area contributed by atoms with Gasteiger partial charge in [0.2, 0.25) is 0 Å². The molecule has 0 aliphatic carbocycles. The Morgan fingerprint density at radius 3 is 3.20 bits per heavy atom. The fourth-order valence-electron chi connectivity index (χ4n) is 2.25. The van der Waals surface area contributed by atoms with Gasteiger partial charge in [0.25, 0.3) is 0 Å². The lowest BCUT2D eigenvalue weighted by Gasteiger charge is -2.24. The summed E-state index contributed by atoms with van der Waals surface area (Å²) in [5.74, 6) is 0. The van der Waals surface area contributed by atoms with E-state index in [0.29, 0.717) is 6.04 Å². The average Bonchev–Trinajstić information content (AvgIpc) is 2.29. The van der Waals surface area contributed by atoms with E-state index in [1.165, 1.54) is 23.1 Å². The number of hydrogen-bond donors (Lipinski definition) is 1. The molecule has 2 nitrogen and oxygen atoms in total. The van der Waals surface area contributed by atoms with Crippen LogP contribution in [0.1, 0.15) is 18.9 Å². The number of rotatable bonds is 0. The minimum Gasteiger partial charge on any atom is -0.381 e. The van der Waals surface area contributed by atoms with Gasteiger partial charge in [-0.3, -0.25) is 4.98 Å². The Morgan fingerprint density at radius 2 is 2.27 bits per heavy atom. The molecule has 0 amide bonds. The Kier molecular flexibility index (Phi) is 1.88. The molecule has 1 N–H and O–H groups in total. The molecule has 0 saturated carbocycles. The van der Waals surface area contributed by atoms with Crippen LogP contribution in [0.15, 0.2) is 30.5 Å². The molecule has 0 bridgehead atoms. The van der Waals surface area contributed by atoms with Crippen LogP contribution >= 0.6 is 0 Å². The van der Waals surface area contributed by atoms with Gasteiger partial charge in [0, 0.05) is 17.6 Å². The quantitative estimate of drug-likeness (QED) is 0.704. The van der Waals surface area contributed by atoms with E-state index in [1.807, 2.05) is 12.3 Å². The van der Waals surface area contributed by atoms with Crippen LogP contribution in [0.5, 0.6) is 0 Å². The predicted octanol–water partition coefficient (Wildman–Crippen LogP) is 2.98. The van der Waals surface area contributed by atoms with Crippen molar-refractivity contribution in [2.45, 2.75) is 25.8 Å². The van der Waals surface area contributed by atoms with Crippen molar-refractivity contribution in [1.29, 1.82) is 0 Å². The van der Waals surface area contributed by atoms with Crippen LogP contribution in [0, 0.1) is 0 Å². The van der Waals surface area contributed by atoms with E-state index in [1.54, 1.807) is 0 Å². The van der Waals surface area contributed by atoms with Gasteiger partial charge < -0.3 is 5.32 Å². The van der Waals surface area contributed by atoms with Gasteiger partial charge in [-0.15, -0.1) is 0 Å². The Bertz CT molecular complexity index is 505. The maximum Gasteiger partial charge on any atom is 0.0936 e. The second-order valence-electron chi connectivity index (χ2n) is 4.26. The number of anilines is 1. The fourth-order valence-corrected chi connectivity index (χ4v) is 2.25. The van der Waals surface area contributed by atoms with E-state index in [2.05, 4.69) is 35.4 Å². The summed E-state index contributed by atoms with van der Waals surface area (Å²) in [5.41, 5.74) is 3.76. The van der Waals surface area contributed by atoms with E-state index in [9.17, 15) is 0 Å². The highest BCUT2D eigenvalue weighted by atomic mass is 14.9. The van der Waals surface area contributed by atoms with Gasteiger partial charge in [0.15, 0.2) is 0 Å². The maximum atomic E-state index is 4.47. The molecule has 2 heterocycles. The molecule has 0 saturated heterocycles. The molecule has 15 heavy (non-hydrogen) atoms. The molecular formula is C13H14N2. The summed E-state index contributed by atoms with van der Waals surface area (Å²) < 4.78 is 0. The molecular weight excluding hydrogens is 184 g/mol. The summed E-state index contributed by atoms with van der Waals surface area (Å²) in [6.07, 6.45) is 4.24. The SMILES string of the molecule is CC1CCc2ccc3cccnc3c2N1. The lowest BCUT2D eigenvalue weighted by Crippen LogP contribution is -2.22. The first-order valence-corrected chi connectivity index (χ1v) is 5.48. The van der Waals surface area contributed by atoms with Crippen LogP contribution in [0.3, 0.4) is 0 Å². The fraction of sp³-hybridized carbons (Fsp3) is 0.308. The lowest BCUT2D eigenvalue weighted by atomic mass is 9.97. The Balaban J connectivity index is 2.28. The predicted molar refractivity (Wildman–Crippen MR) is 63.1 cm³/mol. The third-order valence-electron chi connectivity index (χ3n) is 3.10. The molecule has 76 valence electrons. The first kappa shape index (κ1) is 8.72. The van der Waals surface area contributed by atoms with Crippen molar-refractivity contribution >= 4 is 16.6 Å². The molecule has 0 spiro atoms. The minimum absolute atomic E-state index is 0.560. The van der Waals surface area contributed by atoms with Gasteiger partial charge in [0.1, 0.15) is 0 Å². The summed E-state index contributed by atoms with van der Waals surface area (Å²) in [6, 6.07) is 9.05. The standard InChI is InChI=1S/C13H14N2/c1-9-4-5-11-7-6-10-3-2-8-14-12(10)13(11)15-9/h2-3,6-9,15H,4-5H2,1H3. The summed E-state index contributed by atoms with van der Waals surface area (Å²) in [6.45, 7) is 2.23. The van der Waals surface area contributed by atoms with Gasteiger partial charge in [-0.1, -0.05) is 18.2 Å². The van der Waals surface area contributed by atoms with Gasteiger partial charge in [0.05, 0.1) is 11.2 Å². The van der Waals surface area contributed by atoms with E-state index in [4.69, 9.17) is 0 Å². The zero-order valence-electron chi connectivity index (χ0n) is 8.83. The van der Waals surface area contributed by atoms with Gasteiger partial charge in [-0.05, 0) is 31.4 Å². The topological polar surface area (TPSA) is 24.9 Å². The van der Waals surface area contributed by atoms with E-state index in [-0.39, 0.29) is 0 Å². The van der Waals surface area contributed by atoms with Crippen LogP contribution in [-0.4, -0.2) is 11.0 Å².